The van der Waals surface area contributed by atoms with Crippen LogP contribution in [0.3, 0.4) is 0 Å². The highest BCUT2D eigenvalue weighted by atomic mass is 32.1. The Kier molecular flexibility index (Phi) is 6.60. The maximum absolute atomic E-state index is 12.4. The number of carbonyl (C=O) groups is 1. The highest BCUT2D eigenvalue weighted by molar-refractivity contribution is 7.08. The Morgan fingerprint density at radius 2 is 1.51 bits per heavy atom. The van der Waals surface area contributed by atoms with Crippen LogP contribution in [-0.2, 0) is 17.6 Å². The number of thiophene rings is 1. The topological polar surface area (TPSA) is 62.2 Å². The van der Waals surface area contributed by atoms with Crippen molar-refractivity contribution in [2.45, 2.75) is 12.8 Å². The summed E-state index contributed by atoms with van der Waals surface area (Å²) < 4.78 is 0. The van der Waals surface area contributed by atoms with E-state index >= 15 is 0 Å². The lowest BCUT2D eigenvalue weighted by atomic mass is 10.00. The van der Waals surface area contributed by atoms with Crippen molar-refractivity contribution in [3.63, 3.8) is 0 Å². The molecule has 2 aromatic carbocycles. The molecule has 4 heterocycles. The van der Waals surface area contributed by atoms with Crippen LogP contribution in [0, 0.1) is 0 Å². The van der Waals surface area contributed by atoms with Crippen LogP contribution >= 0.6 is 11.3 Å². The van der Waals surface area contributed by atoms with Crippen LogP contribution in [0.25, 0.3) is 22.2 Å². The van der Waals surface area contributed by atoms with Gasteiger partial charge in [-0.05, 0) is 63.3 Å². The van der Waals surface area contributed by atoms with Crippen LogP contribution < -0.4 is 9.80 Å². The second kappa shape index (κ2) is 10.5. The van der Waals surface area contributed by atoms with E-state index in [1.54, 1.807) is 11.3 Å². The fraction of sp³-hybridized carbons (Fsp3) is 0.200. The molecule has 6 rings (SSSR count). The van der Waals surface area contributed by atoms with E-state index in [4.69, 9.17) is 4.98 Å². The number of Topliss-reactive ketones (excluding diaryl/α,β-unsaturated/α-hetero) is 1. The fourth-order valence-electron chi connectivity index (χ4n) is 4.81. The molecule has 6 nitrogen and oxygen atoms in total. The van der Waals surface area contributed by atoms with Gasteiger partial charge in [0.25, 0.3) is 0 Å². The first-order valence-electron chi connectivity index (χ1n) is 12.5. The SMILES string of the molecule is O=C(Cc1ccc(-c2ccc3ncc(N4CCN(c5ccncc5)CC4)nc3c2)cc1)Cc1ccsc1. The number of hydrogen-bond donors (Lipinski definition) is 0. The number of ketones is 1. The summed E-state index contributed by atoms with van der Waals surface area (Å²) in [6.07, 6.45) is 6.51. The molecule has 37 heavy (non-hydrogen) atoms. The summed E-state index contributed by atoms with van der Waals surface area (Å²) in [6.45, 7) is 3.67. The number of benzene rings is 2. The largest absolute Gasteiger partial charge is 0.368 e. The first kappa shape index (κ1) is 23.3. The molecule has 1 saturated heterocycles. The van der Waals surface area contributed by atoms with Crippen molar-refractivity contribution in [3.05, 3.63) is 101 Å². The molecule has 0 aliphatic carbocycles. The Morgan fingerprint density at radius 1 is 0.784 bits per heavy atom. The number of hydrogen-bond acceptors (Lipinski definition) is 7. The predicted molar refractivity (Wildman–Crippen MR) is 150 cm³/mol. The number of carbonyl (C=O) groups excluding carboxylic acids is 1. The van der Waals surface area contributed by atoms with Crippen LogP contribution in [0.15, 0.2) is 90.0 Å². The zero-order valence-corrected chi connectivity index (χ0v) is 21.3. The van der Waals surface area contributed by atoms with Crippen molar-refractivity contribution in [1.29, 1.82) is 0 Å². The third-order valence-corrected chi connectivity index (χ3v) is 7.56. The predicted octanol–water partition coefficient (Wildman–Crippen LogP) is 5.43. The van der Waals surface area contributed by atoms with Crippen molar-refractivity contribution in [2.24, 2.45) is 0 Å². The average Bonchev–Trinajstić information content (AvgIpc) is 3.46. The summed E-state index contributed by atoms with van der Waals surface area (Å²) in [6, 6.07) is 20.6. The smallest absolute Gasteiger partial charge is 0.147 e. The molecule has 0 spiro atoms. The van der Waals surface area contributed by atoms with E-state index in [9.17, 15) is 4.79 Å². The van der Waals surface area contributed by atoms with Crippen LogP contribution in [-0.4, -0.2) is 46.9 Å². The maximum atomic E-state index is 12.4. The van der Waals surface area contributed by atoms with Gasteiger partial charge in [-0.25, -0.2) is 4.98 Å². The zero-order chi connectivity index (χ0) is 25.0. The van der Waals surface area contributed by atoms with Crippen LogP contribution in [0.5, 0.6) is 0 Å². The quantitative estimate of drug-likeness (QED) is 0.294. The van der Waals surface area contributed by atoms with Gasteiger partial charge in [0.1, 0.15) is 11.6 Å². The molecule has 0 radical (unpaired) electrons. The Labute approximate surface area is 220 Å². The molecule has 0 amide bonds. The normalized spacial score (nSPS) is 13.7. The van der Waals surface area contributed by atoms with Gasteiger partial charge in [-0.3, -0.25) is 14.8 Å². The summed E-state index contributed by atoms with van der Waals surface area (Å²) in [5.41, 5.74) is 7.32. The van der Waals surface area contributed by atoms with Crippen molar-refractivity contribution in [3.8, 4) is 11.1 Å². The number of anilines is 2. The van der Waals surface area contributed by atoms with Gasteiger partial charge in [0.15, 0.2) is 0 Å². The monoisotopic (exact) mass is 505 g/mol. The number of pyridine rings is 1. The summed E-state index contributed by atoms with van der Waals surface area (Å²) >= 11 is 1.63. The van der Waals surface area contributed by atoms with Gasteiger partial charge in [-0.1, -0.05) is 30.3 Å². The zero-order valence-electron chi connectivity index (χ0n) is 20.5. The summed E-state index contributed by atoms with van der Waals surface area (Å²) in [4.78, 5) is 30.9. The maximum Gasteiger partial charge on any atom is 0.147 e. The first-order chi connectivity index (χ1) is 18.2. The highest BCUT2D eigenvalue weighted by Crippen LogP contribution is 2.26. The molecule has 0 unspecified atom stereocenters. The van der Waals surface area contributed by atoms with Gasteiger partial charge in [0.05, 0.1) is 17.2 Å². The average molecular weight is 506 g/mol. The van der Waals surface area contributed by atoms with Crippen molar-refractivity contribution in [2.75, 3.05) is 36.0 Å². The van der Waals surface area contributed by atoms with E-state index in [-0.39, 0.29) is 5.78 Å². The summed E-state index contributed by atoms with van der Waals surface area (Å²) in [5.74, 6) is 1.15. The lowest BCUT2D eigenvalue weighted by molar-refractivity contribution is -0.117. The van der Waals surface area contributed by atoms with E-state index in [2.05, 4.69) is 68.3 Å². The highest BCUT2D eigenvalue weighted by Gasteiger charge is 2.19. The molecule has 7 heteroatoms. The summed E-state index contributed by atoms with van der Waals surface area (Å²) in [5, 5.41) is 4.05. The molecular weight excluding hydrogens is 478 g/mol. The Hall–Kier alpha value is -4.10. The van der Waals surface area contributed by atoms with Gasteiger partial charge >= 0.3 is 0 Å². The third-order valence-electron chi connectivity index (χ3n) is 6.83. The van der Waals surface area contributed by atoms with Crippen molar-refractivity contribution in [1.82, 2.24) is 15.0 Å². The van der Waals surface area contributed by atoms with Crippen LogP contribution in [0.2, 0.25) is 0 Å². The Bertz CT molecular complexity index is 1490. The van der Waals surface area contributed by atoms with Gasteiger partial charge in [-0.2, -0.15) is 11.3 Å². The van der Waals surface area contributed by atoms with E-state index < -0.39 is 0 Å². The molecule has 1 fully saturated rings. The second-order valence-electron chi connectivity index (χ2n) is 9.33. The molecule has 5 aromatic rings. The second-order valence-corrected chi connectivity index (χ2v) is 10.1. The number of fused-ring (bicyclic) bond motifs is 1. The minimum atomic E-state index is 0.237. The third kappa shape index (κ3) is 5.37. The first-order valence-corrected chi connectivity index (χ1v) is 13.4. The number of piperazine rings is 1. The van der Waals surface area contributed by atoms with Gasteiger partial charge in [0, 0.05) is 57.1 Å². The van der Waals surface area contributed by atoms with Gasteiger partial charge < -0.3 is 9.80 Å². The standard InChI is InChI=1S/C30H27N5OS/c36-27(18-23-9-16-37-21-23)17-22-1-3-24(4-2-22)25-5-6-28-29(19-25)33-30(20-32-28)35-14-12-34(13-15-35)26-7-10-31-11-8-26/h1-11,16,19-21H,12-15,17-18H2. The molecule has 0 N–H and O–H groups in total. The Morgan fingerprint density at radius 3 is 2.27 bits per heavy atom. The van der Waals surface area contributed by atoms with E-state index in [0.717, 1.165) is 65.3 Å². The van der Waals surface area contributed by atoms with Crippen molar-refractivity contribution >= 4 is 39.7 Å². The lowest BCUT2D eigenvalue weighted by Gasteiger charge is -2.36. The summed E-state index contributed by atoms with van der Waals surface area (Å²) in [7, 11) is 0. The lowest BCUT2D eigenvalue weighted by Crippen LogP contribution is -2.46. The molecule has 184 valence electrons. The van der Waals surface area contributed by atoms with Crippen LogP contribution in [0.1, 0.15) is 11.1 Å². The molecular formula is C30H27N5OS. The fourth-order valence-corrected chi connectivity index (χ4v) is 5.48. The minimum Gasteiger partial charge on any atom is -0.368 e. The number of aromatic nitrogens is 3. The van der Waals surface area contributed by atoms with E-state index in [1.807, 2.05) is 41.5 Å². The van der Waals surface area contributed by atoms with Crippen LogP contribution in [0.4, 0.5) is 11.5 Å². The van der Waals surface area contributed by atoms with Gasteiger partial charge in [-0.15, -0.1) is 0 Å². The van der Waals surface area contributed by atoms with E-state index in [1.165, 1.54) is 5.69 Å². The molecule has 3 aromatic heterocycles. The minimum absolute atomic E-state index is 0.237. The molecule has 1 aliphatic heterocycles. The Balaban J connectivity index is 1.14. The van der Waals surface area contributed by atoms with Crippen molar-refractivity contribution < 1.29 is 4.79 Å². The number of nitrogens with zero attached hydrogens (tertiary/aromatic N) is 5. The molecule has 0 bridgehead atoms. The number of rotatable bonds is 7. The van der Waals surface area contributed by atoms with E-state index in [0.29, 0.717) is 12.8 Å². The molecule has 0 atom stereocenters. The molecule has 0 saturated carbocycles. The molecule has 1 aliphatic rings. The van der Waals surface area contributed by atoms with Gasteiger partial charge in [0.2, 0.25) is 0 Å².